The molecule has 15 heavy (non-hydrogen) atoms. The van der Waals surface area contributed by atoms with Crippen LogP contribution in [0.4, 0.5) is 0 Å². The van der Waals surface area contributed by atoms with Crippen molar-refractivity contribution in [3.8, 4) is 0 Å². The fourth-order valence-corrected chi connectivity index (χ4v) is 1.27. The van der Waals surface area contributed by atoms with Crippen LogP contribution < -0.4 is 9.88 Å². The first-order valence-corrected chi connectivity index (χ1v) is 5.02. The highest BCUT2D eigenvalue weighted by molar-refractivity contribution is 5.74. The summed E-state index contributed by atoms with van der Waals surface area (Å²) in [6.45, 7) is 3.73. The molecular formula is C13H18N2+2. The van der Waals surface area contributed by atoms with Crippen LogP contribution in [0, 0.1) is 0 Å². The average Bonchev–Trinajstić information content (AvgIpc) is 2.25. The van der Waals surface area contributed by atoms with Gasteiger partial charge in [0.05, 0.1) is 13.2 Å². The van der Waals surface area contributed by atoms with Crippen LogP contribution in [0.1, 0.15) is 5.56 Å². The number of aryl methyl sites for hydroxylation is 1. The molecule has 0 atom stereocenters. The lowest BCUT2D eigenvalue weighted by atomic mass is 10.1. The largest absolute Gasteiger partial charge is 0.322 e. The van der Waals surface area contributed by atoms with E-state index in [2.05, 4.69) is 24.8 Å². The van der Waals surface area contributed by atoms with Crippen molar-refractivity contribution in [2.24, 2.45) is 7.05 Å². The lowest BCUT2D eigenvalue weighted by molar-refractivity contribution is -0.671. The Morgan fingerprint density at radius 3 is 2.60 bits per heavy atom. The summed E-state index contributed by atoms with van der Waals surface area (Å²) in [4.78, 5) is 0. The molecule has 0 aromatic carbocycles. The second-order valence-corrected chi connectivity index (χ2v) is 3.30. The average molecular weight is 202 g/mol. The molecule has 0 saturated heterocycles. The number of hydrogen-bond acceptors (Lipinski definition) is 0. The third-order valence-corrected chi connectivity index (χ3v) is 2.08. The van der Waals surface area contributed by atoms with Gasteiger partial charge in [-0.1, -0.05) is 18.7 Å². The molecule has 0 aliphatic rings. The minimum Gasteiger partial charge on any atom is -0.322 e. The summed E-state index contributed by atoms with van der Waals surface area (Å²) in [7, 11) is 4.02. The smallest absolute Gasteiger partial charge is 0.169 e. The first-order chi connectivity index (χ1) is 7.27. The van der Waals surface area contributed by atoms with E-state index in [-0.39, 0.29) is 0 Å². The molecule has 0 fully saturated rings. The van der Waals surface area contributed by atoms with Crippen LogP contribution in [-0.4, -0.2) is 7.05 Å². The van der Waals surface area contributed by atoms with Gasteiger partial charge in [0.15, 0.2) is 12.4 Å². The first-order valence-electron chi connectivity index (χ1n) is 5.02. The van der Waals surface area contributed by atoms with Crippen molar-refractivity contribution >= 4 is 5.57 Å². The topological polar surface area (TPSA) is 20.5 Å². The molecule has 78 valence electrons. The van der Waals surface area contributed by atoms with E-state index in [0.717, 1.165) is 0 Å². The summed E-state index contributed by atoms with van der Waals surface area (Å²) < 4.78 is 2.02. The van der Waals surface area contributed by atoms with E-state index in [1.165, 1.54) is 11.1 Å². The zero-order chi connectivity index (χ0) is 11.1. The van der Waals surface area contributed by atoms with Gasteiger partial charge in [0, 0.05) is 12.1 Å². The third-order valence-electron chi connectivity index (χ3n) is 2.08. The van der Waals surface area contributed by atoms with Gasteiger partial charge in [-0.3, -0.25) is 0 Å². The molecule has 0 aliphatic heterocycles. The minimum atomic E-state index is 1.17. The first kappa shape index (κ1) is 11.4. The van der Waals surface area contributed by atoms with E-state index in [4.69, 9.17) is 0 Å². The Labute approximate surface area is 91.3 Å². The number of nitrogens with zero attached hydrogens (tertiary/aromatic N) is 1. The van der Waals surface area contributed by atoms with E-state index in [9.17, 15) is 0 Å². The lowest BCUT2D eigenvalue weighted by Gasteiger charge is -1.99. The highest BCUT2D eigenvalue weighted by atomic mass is 14.9. The summed E-state index contributed by atoms with van der Waals surface area (Å²) in [5.41, 5.74) is 2.37. The van der Waals surface area contributed by atoms with Crippen LogP contribution in [0.5, 0.6) is 0 Å². The number of nitrogens with two attached hydrogens (primary N) is 1. The predicted molar refractivity (Wildman–Crippen MR) is 62.8 cm³/mol. The van der Waals surface area contributed by atoms with Gasteiger partial charge in [0.2, 0.25) is 0 Å². The van der Waals surface area contributed by atoms with Gasteiger partial charge in [-0.15, -0.1) is 0 Å². The van der Waals surface area contributed by atoms with Crippen molar-refractivity contribution in [2.45, 2.75) is 0 Å². The van der Waals surface area contributed by atoms with Crippen LogP contribution in [0.2, 0.25) is 0 Å². The normalized spacial score (nSPS) is 12.0. The van der Waals surface area contributed by atoms with Gasteiger partial charge < -0.3 is 5.32 Å². The van der Waals surface area contributed by atoms with Gasteiger partial charge in [-0.05, 0) is 17.2 Å². The van der Waals surface area contributed by atoms with Gasteiger partial charge in [-0.25, -0.2) is 4.57 Å². The molecule has 1 aromatic rings. The molecule has 2 nitrogen and oxygen atoms in total. The molecule has 2 heteroatoms. The van der Waals surface area contributed by atoms with Gasteiger partial charge in [-0.2, -0.15) is 0 Å². The van der Waals surface area contributed by atoms with Crippen LogP contribution in [-0.2, 0) is 7.05 Å². The van der Waals surface area contributed by atoms with Crippen molar-refractivity contribution in [3.05, 3.63) is 61.1 Å². The fraction of sp³-hybridized carbons (Fsp3) is 0.154. The maximum absolute atomic E-state index is 3.73. The number of quaternary nitrogens is 1. The molecule has 0 radical (unpaired) electrons. The molecule has 0 aliphatic carbocycles. The predicted octanol–water partition coefficient (Wildman–Crippen LogP) is 0.787. The maximum Gasteiger partial charge on any atom is 0.169 e. The number of rotatable bonds is 4. The molecule has 0 bridgehead atoms. The van der Waals surface area contributed by atoms with Gasteiger partial charge in [0.25, 0.3) is 0 Å². The van der Waals surface area contributed by atoms with Crippen LogP contribution in [0.25, 0.3) is 5.57 Å². The van der Waals surface area contributed by atoms with E-state index in [1.54, 1.807) is 0 Å². The Bertz CT molecular complexity index is 372. The second kappa shape index (κ2) is 5.94. The molecule has 0 spiro atoms. The molecule has 1 aromatic heterocycles. The Morgan fingerprint density at radius 1 is 1.40 bits per heavy atom. The highest BCUT2D eigenvalue weighted by Crippen LogP contribution is 2.13. The quantitative estimate of drug-likeness (QED) is 0.550. The highest BCUT2D eigenvalue weighted by Gasteiger charge is 1.99. The SMILES string of the molecule is C=C/C=C(\C=C/[NH2+]C)c1cc[n+](C)cc1. The molecule has 0 amide bonds. The number of hydrogen-bond donors (Lipinski definition) is 1. The molecular weight excluding hydrogens is 184 g/mol. The van der Waals surface area contributed by atoms with Crippen LogP contribution in [0.15, 0.2) is 55.5 Å². The summed E-state index contributed by atoms with van der Waals surface area (Å²) in [5, 5.41) is 2.01. The van der Waals surface area contributed by atoms with E-state index in [0.29, 0.717) is 0 Å². The zero-order valence-corrected chi connectivity index (χ0v) is 9.35. The maximum atomic E-state index is 3.73. The standard InChI is InChI=1S/C13H17N2/c1-4-5-12(6-9-14-2)13-7-10-15(3)11-8-13/h4-11,14H,1H2,2-3H3/q+1/p+1/b9-6-,12-5+. The molecule has 1 heterocycles. The summed E-state index contributed by atoms with van der Waals surface area (Å²) in [5.74, 6) is 0. The molecule has 0 saturated carbocycles. The minimum absolute atomic E-state index is 1.17. The Hall–Kier alpha value is -1.67. The summed E-state index contributed by atoms with van der Waals surface area (Å²) in [6, 6.07) is 4.19. The molecule has 2 N–H and O–H groups in total. The fourth-order valence-electron chi connectivity index (χ4n) is 1.27. The Morgan fingerprint density at radius 2 is 2.07 bits per heavy atom. The molecule has 1 rings (SSSR count). The molecule has 0 unspecified atom stereocenters. The third kappa shape index (κ3) is 3.52. The van der Waals surface area contributed by atoms with Crippen molar-refractivity contribution in [3.63, 3.8) is 0 Å². The van der Waals surface area contributed by atoms with Gasteiger partial charge >= 0.3 is 0 Å². The zero-order valence-electron chi connectivity index (χ0n) is 9.35. The van der Waals surface area contributed by atoms with Crippen LogP contribution >= 0.6 is 0 Å². The monoisotopic (exact) mass is 202 g/mol. The van der Waals surface area contributed by atoms with Gasteiger partial charge in [0.1, 0.15) is 7.05 Å². The number of allylic oxidation sites excluding steroid dienone is 4. The van der Waals surface area contributed by atoms with Crippen molar-refractivity contribution in [2.75, 3.05) is 7.05 Å². The summed E-state index contributed by atoms with van der Waals surface area (Å²) >= 11 is 0. The number of pyridine rings is 1. The van der Waals surface area contributed by atoms with Crippen molar-refractivity contribution in [1.29, 1.82) is 0 Å². The second-order valence-electron chi connectivity index (χ2n) is 3.30. The van der Waals surface area contributed by atoms with E-state index < -0.39 is 0 Å². The van der Waals surface area contributed by atoms with Crippen molar-refractivity contribution in [1.82, 2.24) is 0 Å². The van der Waals surface area contributed by atoms with E-state index >= 15 is 0 Å². The lowest BCUT2D eigenvalue weighted by Crippen LogP contribution is -2.72. The van der Waals surface area contributed by atoms with Crippen LogP contribution in [0.3, 0.4) is 0 Å². The Balaban J connectivity index is 2.99. The van der Waals surface area contributed by atoms with Crippen molar-refractivity contribution < 1.29 is 9.88 Å². The summed E-state index contributed by atoms with van der Waals surface area (Å²) in [6.07, 6.45) is 12.0. The number of aromatic nitrogens is 1. The Kier molecular flexibility index (Phi) is 4.51. The van der Waals surface area contributed by atoms with E-state index in [1.807, 2.05) is 54.7 Å².